The van der Waals surface area contributed by atoms with Crippen molar-refractivity contribution in [3.63, 3.8) is 0 Å². The van der Waals surface area contributed by atoms with E-state index >= 15 is 0 Å². The molecule has 1 N–H and O–H groups in total. The second kappa shape index (κ2) is 8.40. The van der Waals surface area contributed by atoms with Crippen LogP contribution in [0.25, 0.3) is 0 Å². The molecule has 1 heterocycles. The Kier molecular flexibility index (Phi) is 5.90. The number of carbonyl (C=O) groups excluding carboxylic acids is 1. The summed E-state index contributed by atoms with van der Waals surface area (Å²) in [4.78, 5) is 25.2. The van der Waals surface area contributed by atoms with Gasteiger partial charge in [0.05, 0.1) is 19.3 Å². The van der Waals surface area contributed by atoms with Crippen LogP contribution < -0.4 is 15.0 Å². The molecule has 1 saturated carbocycles. The molecule has 2 aromatic rings. The maximum atomic E-state index is 14.7. The van der Waals surface area contributed by atoms with E-state index in [1.807, 2.05) is 5.32 Å². The molecule has 7 nitrogen and oxygen atoms in total. The smallest absolute Gasteiger partial charge is 0.422 e. The van der Waals surface area contributed by atoms with Gasteiger partial charge in [0.2, 0.25) is 11.6 Å². The number of nitrogens with zero attached hydrogens (tertiary/aromatic N) is 2. The predicted molar refractivity (Wildman–Crippen MR) is 115 cm³/mol. The van der Waals surface area contributed by atoms with Gasteiger partial charge in [0, 0.05) is 21.9 Å². The Morgan fingerprint density at radius 3 is 2.48 bits per heavy atom. The molecule has 1 fully saturated rings. The Labute approximate surface area is 192 Å². The highest BCUT2D eigenvalue weighted by atomic mass is 35.5. The topological polar surface area (TPSA) is 84.7 Å². The van der Waals surface area contributed by atoms with Crippen molar-refractivity contribution >= 4 is 23.3 Å². The molecule has 176 valence electrons. The number of hydrogen-bond acceptors (Lipinski definition) is 4. The van der Waals surface area contributed by atoms with Gasteiger partial charge in [0.25, 0.3) is 0 Å². The number of nitro groups is 1. The zero-order valence-corrected chi connectivity index (χ0v) is 18.3. The quantitative estimate of drug-likeness (QED) is 0.429. The maximum Gasteiger partial charge on any atom is 0.422 e. The summed E-state index contributed by atoms with van der Waals surface area (Å²) in [5.41, 5.74) is -3.07. The van der Waals surface area contributed by atoms with Gasteiger partial charge in [0.15, 0.2) is 0 Å². The van der Waals surface area contributed by atoms with Gasteiger partial charge in [-0.25, -0.2) is 4.79 Å². The van der Waals surface area contributed by atoms with E-state index < -0.39 is 34.3 Å². The lowest BCUT2D eigenvalue weighted by Crippen LogP contribution is -2.69. The Morgan fingerprint density at radius 1 is 1.27 bits per heavy atom. The molecule has 0 aromatic heterocycles. The SMILES string of the molecule is COc1ccc(CN2C(=O)N[C@]([C@@H](CC3CC3)[N+](=O)[O-])(C(F)(F)F)c3cc(Cl)ccc32)cc1. The van der Waals surface area contributed by atoms with Gasteiger partial charge in [0.1, 0.15) is 5.75 Å². The molecule has 0 spiro atoms. The van der Waals surface area contributed by atoms with E-state index in [2.05, 4.69) is 0 Å². The Morgan fingerprint density at radius 2 is 1.94 bits per heavy atom. The predicted octanol–water partition coefficient (Wildman–Crippen LogP) is 5.28. The number of rotatable bonds is 7. The highest BCUT2D eigenvalue weighted by Crippen LogP contribution is 2.52. The molecule has 1 aliphatic heterocycles. The number of methoxy groups -OCH3 is 1. The number of alkyl halides is 3. The highest BCUT2D eigenvalue weighted by molar-refractivity contribution is 6.30. The molecule has 33 heavy (non-hydrogen) atoms. The van der Waals surface area contributed by atoms with E-state index in [0.29, 0.717) is 24.2 Å². The minimum atomic E-state index is -5.14. The van der Waals surface area contributed by atoms with Gasteiger partial charge in [-0.2, -0.15) is 13.2 Å². The number of ether oxygens (including phenoxy) is 1. The largest absolute Gasteiger partial charge is 0.497 e. The molecule has 0 unspecified atom stereocenters. The lowest BCUT2D eigenvalue weighted by atomic mass is 9.77. The van der Waals surface area contributed by atoms with Crippen molar-refractivity contribution in [3.8, 4) is 5.75 Å². The number of amides is 2. The minimum absolute atomic E-state index is 0.0172. The fourth-order valence-corrected chi connectivity index (χ4v) is 4.48. The first-order chi connectivity index (χ1) is 15.6. The fraction of sp³-hybridized carbons (Fsp3) is 0.409. The van der Waals surface area contributed by atoms with E-state index in [0.717, 1.165) is 11.0 Å². The summed E-state index contributed by atoms with van der Waals surface area (Å²) in [6.07, 6.45) is -4.19. The Hall–Kier alpha value is -3.01. The van der Waals surface area contributed by atoms with Gasteiger partial charge in [-0.15, -0.1) is 0 Å². The van der Waals surface area contributed by atoms with E-state index in [1.54, 1.807) is 24.3 Å². The number of hydrogen-bond donors (Lipinski definition) is 1. The first-order valence-electron chi connectivity index (χ1n) is 10.3. The first-order valence-corrected chi connectivity index (χ1v) is 10.7. The van der Waals surface area contributed by atoms with Crippen LogP contribution in [0.4, 0.5) is 23.7 Å². The lowest BCUT2D eigenvalue weighted by molar-refractivity contribution is -0.549. The number of fused-ring (bicyclic) bond motifs is 1. The molecule has 2 amide bonds. The van der Waals surface area contributed by atoms with Crippen molar-refractivity contribution in [3.05, 3.63) is 68.7 Å². The van der Waals surface area contributed by atoms with E-state index in [4.69, 9.17) is 16.3 Å². The summed E-state index contributed by atoms with van der Waals surface area (Å²) in [6, 6.07) is 7.26. The molecule has 1 aliphatic carbocycles. The second-order valence-electron chi connectivity index (χ2n) is 8.31. The standard InChI is InChI=1S/C22H21ClF3N3O4/c1-33-16-7-4-14(5-8-16)12-28-18-9-6-15(23)11-17(18)21(22(24,25)26,27-20(28)30)19(29(31)32)10-13-2-3-13/h4-9,11,13,19H,2-3,10,12H2,1H3,(H,27,30)/t19-,21-/m1/s1. The average Bonchev–Trinajstić information content (AvgIpc) is 3.58. The van der Waals surface area contributed by atoms with Crippen LogP contribution in [-0.2, 0) is 12.1 Å². The van der Waals surface area contributed by atoms with E-state index in [1.165, 1.54) is 19.2 Å². The molecule has 2 aromatic carbocycles. The molecule has 2 atom stereocenters. The van der Waals surface area contributed by atoms with Gasteiger partial charge < -0.3 is 10.1 Å². The van der Waals surface area contributed by atoms with Crippen molar-refractivity contribution in [1.29, 1.82) is 0 Å². The monoisotopic (exact) mass is 483 g/mol. The number of nitrogens with one attached hydrogen (secondary N) is 1. The number of halogens is 4. The molecule has 2 aliphatic rings. The third-order valence-corrected chi connectivity index (χ3v) is 6.41. The molecule has 0 radical (unpaired) electrons. The fourth-order valence-electron chi connectivity index (χ4n) is 4.31. The Balaban J connectivity index is 1.84. The van der Waals surface area contributed by atoms with Crippen LogP contribution in [-0.4, -0.2) is 30.3 Å². The van der Waals surface area contributed by atoms with Crippen LogP contribution >= 0.6 is 11.6 Å². The summed E-state index contributed by atoms with van der Waals surface area (Å²) in [7, 11) is 1.50. The number of carbonyl (C=O) groups is 1. The van der Waals surface area contributed by atoms with Crippen molar-refractivity contribution in [2.45, 2.75) is 43.6 Å². The highest BCUT2D eigenvalue weighted by Gasteiger charge is 2.70. The van der Waals surface area contributed by atoms with Crippen LogP contribution in [0.5, 0.6) is 5.75 Å². The minimum Gasteiger partial charge on any atom is -0.497 e. The Bertz CT molecular complexity index is 1080. The number of urea groups is 1. The van der Waals surface area contributed by atoms with Gasteiger partial charge in [-0.05, 0) is 54.7 Å². The second-order valence-corrected chi connectivity index (χ2v) is 8.75. The lowest BCUT2D eigenvalue weighted by Gasteiger charge is -2.45. The first kappa shape index (κ1) is 23.2. The van der Waals surface area contributed by atoms with Gasteiger partial charge >= 0.3 is 12.2 Å². The maximum absolute atomic E-state index is 14.7. The summed E-state index contributed by atoms with van der Waals surface area (Å²) in [5.74, 6) is 0.399. The van der Waals surface area contributed by atoms with E-state index in [-0.39, 0.29) is 29.6 Å². The van der Waals surface area contributed by atoms with Crippen LogP contribution in [0.3, 0.4) is 0 Å². The van der Waals surface area contributed by atoms with Crippen LogP contribution in [0.2, 0.25) is 5.02 Å². The van der Waals surface area contributed by atoms with Gasteiger partial charge in [-0.3, -0.25) is 15.0 Å². The molecular weight excluding hydrogens is 463 g/mol. The van der Waals surface area contributed by atoms with E-state index in [9.17, 15) is 28.1 Å². The van der Waals surface area contributed by atoms with Gasteiger partial charge in [-0.1, -0.05) is 23.7 Å². The zero-order valence-electron chi connectivity index (χ0n) is 17.6. The average molecular weight is 484 g/mol. The summed E-state index contributed by atoms with van der Waals surface area (Å²) >= 11 is 6.05. The molecule has 4 rings (SSSR count). The van der Waals surface area contributed by atoms with Crippen molar-refractivity contribution in [2.24, 2.45) is 5.92 Å². The molecular formula is C22H21ClF3N3O4. The number of benzene rings is 2. The van der Waals surface area contributed by atoms with Crippen LogP contribution in [0.1, 0.15) is 30.4 Å². The van der Waals surface area contributed by atoms with Crippen LogP contribution in [0.15, 0.2) is 42.5 Å². The third-order valence-electron chi connectivity index (χ3n) is 6.18. The van der Waals surface area contributed by atoms with Crippen LogP contribution in [0, 0.1) is 16.0 Å². The van der Waals surface area contributed by atoms with Crippen molar-refractivity contribution in [2.75, 3.05) is 12.0 Å². The number of anilines is 1. The summed E-state index contributed by atoms with van der Waals surface area (Å²) < 4.78 is 49.2. The summed E-state index contributed by atoms with van der Waals surface area (Å²) in [5, 5.41) is 13.9. The van der Waals surface area contributed by atoms with Crippen molar-refractivity contribution in [1.82, 2.24) is 5.32 Å². The molecule has 0 bridgehead atoms. The normalized spacial score (nSPS) is 21.2. The molecule has 0 saturated heterocycles. The summed E-state index contributed by atoms with van der Waals surface area (Å²) in [6.45, 7) is -0.0514. The van der Waals surface area contributed by atoms with Crippen molar-refractivity contribution < 1.29 is 27.6 Å². The third kappa shape index (κ3) is 4.19. The molecule has 11 heteroatoms. The zero-order chi connectivity index (χ0) is 24.0.